The third-order valence-corrected chi connectivity index (χ3v) is 2.04. The first-order valence-corrected chi connectivity index (χ1v) is 4.91. The highest BCUT2D eigenvalue weighted by Crippen LogP contribution is 2.12. The molecule has 1 atom stereocenters. The van der Waals surface area contributed by atoms with E-state index in [1.807, 2.05) is 34.6 Å². The van der Waals surface area contributed by atoms with Crippen LogP contribution in [-0.4, -0.2) is 24.2 Å². The molecule has 0 rings (SSSR count). The maximum absolute atomic E-state index is 11.5. The van der Waals surface area contributed by atoms with Crippen LogP contribution < -0.4 is 5.32 Å². The first-order chi connectivity index (χ1) is 5.96. The zero-order chi connectivity index (χ0) is 10.5. The van der Waals surface area contributed by atoms with Crippen LogP contribution in [0.4, 0.5) is 0 Å². The zero-order valence-electron chi connectivity index (χ0n) is 9.31. The third kappa shape index (κ3) is 3.77. The van der Waals surface area contributed by atoms with E-state index in [-0.39, 0.29) is 12.0 Å². The van der Waals surface area contributed by atoms with E-state index in [0.717, 1.165) is 6.42 Å². The summed E-state index contributed by atoms with van der Waals surface area (Å²) in [5, 5.41) is 3.22. The fourth-order valence-electron chi connectivity index (χ4n) is 1.23. The molecular weight excluding hydrogens is 166 g/mol. The fraction of sp³-hybridized carbons (Fsp3) is 0.900. The molecule has 0 aliphatic heterocycles. The van der Waals surface area contributed by atoms with Gasteiger partial charge in [-0.05, 0) is 34.1 Å². The molecule has 3 heteroatoms. The van der Waals surface area contributed by atoms with Crippen LogP contribution in [-0.2, 0) is 9.53 Å². The van der Waals surface area contributed by atoms with Gasteiger partial charge in [-0.3, -0.25) is 10.1 Å². The lowest BCUT2D eigenvalue weighted by atomic mass is 9.98. The molecule has 0 bridgehead atoms. The van der Waals surface area contributed by atoms with Crippen LogP contribution >= 0.6 is 0 Å². The Morgan fingerprint density at radius 2 is 2.00 bits per heavy atom. The monoisotopic (exact) mass is 187 g/mol. The van der Waals surface area contributed by atoms with Gasteiger partial charge in [-0.25, -0.2) is 0 Å². The number of hydrogen-bond donors (Lipinski definition) is 1. The molecule has 0 aromatic heterocycles. The van der Waals surface area contributed by atoms with Gasteiger partial charge in [0.05, 0.1) is 6.61 Å². The molecule has 0 aromatic rings. The predicted molar refractivity (Wildman–Crippen MR) is 53.6 cm³/mol. The smallest absolute Gasteiger partial charge is 0.326 e. The summed E-state index contributed by atoms with van der Waals surface area (Å²) in [5.74, 6) is -0.161. The number of esters is 1. The Labute approximate surface area is 80.8 Å². The average Bonchev–Trinajstić information content (AvgIpc) is 2.03. The number of hydrogen-bond acceptors (Lipinski definition) is 3. The molecule has 0 aliphatic carbocycles. The lowest BCUT2D eigenvalue weighted by Crippen LogP contribution is -2.52. The van der Waals surface area contributed by atoms with Gasteiger partial charge in [0, 0.05) is 6.04 Å². The van der Waals surface area contributed by atoms with Crippen molar-refractivity contribution in [1.29, 1.82) is 0 Å². The lowest BCUT2D eigenvalue weighted by Gasteiger charge is -2.29. The van der Waals surface area contributed by atoms with Crippen LogP contribution in [0.25, 0.3) is 0 Å². The minimum Gasteiger partial charge on any atom is -0.465 e. The van der Waals surface area contributed by atoms with E-state index in [1.165, 1.54) is 0 Å². The molecule has 0 fully saturated rings. The molecule has 0 saturated carbocycles. The van der Waals surface area contributed by atoms with Crippen molar-refractivity contribution in [3.05, 3.63) is 0 Å². The molecule has 0 unspecified atom stereocenters. The van der Waals surface area contributed by atoms with Crippen molar-refractivity contribution in [3.63, 3.8) is 0 Å². The first kappa shape index (κ1) is 12.4. The van der Waals surface area contributed by atoms with Crippen molar-refractivity contribution in [2.24, 2.45) is 0 Å². The highest BCUT2D eigenvalue weighted by Gasteiger charge is 2.32. The van der Waals surface area contributed by atoms with Crippen molar-refractivity contribution < 1.29 is 9.53 Å². The Bertz CT molecular complexity index is 168. The van der Waals surface area contributed by atoms with E-state index < -0.39 is 5.54 Å². The summed E-state index contributed by atoms with van der Waals surface area (Å²) in [6.45, 7) is 10.2. The van der Waals surface area contributed by atoms with Crippen LogP contribution in [0.5, 0.6) is 0 Å². The maximum Gasteiger partial charge on any atom is 0.326 e. The van der Waals surface area contributed by atoms with Gasteiger partial charge in [-0.15, -0.1) is 0 Å². The fourth-order valence-corrected chi connectivity index (χ4v) is 1.23. The second kappa shape index (κ2) is 5.22. The minimum absolute atomic E-state index is 0.161. The van der Waals surface area contributed by atoms with Crippen LogP contribution in [0.1, 0.15) is 41.0 Å². The van der Waals surface area contributed by atoms with E-state index in [4.69, 9.17) is 4.74 Å². The highest BCUT2D eigenvalue weighted by molar-refractivity contribution is 5.80. The Morgan fingerprint density at radius 1 is 1.46 bits per heavy atom. The molecule has 0 aromatic carbocycles. The lowest BCUT2D eigenvalue weighted by molar-refractivity contribution is -0.151. The van der Waals surface area contributed by atoms with Crippen molar-refractivity contribution >= 4 is 5.97 Å². The van der Waals surface area contributed by atoms with Gasteiger partial charge in [-0.2, -0.15) is 0 Å². The summed E-state index contributed by atoms with van der Waals surface area (Å²) in [5.41, 5.74) is -0.538. The van der Waals surface area contributed by atoms with Gasteiger partial charge < -0.3 is 4.74 Å². The van der Waals surface area contributed by atoms with Crippen molar-refractivity contribution in [3.8, 4) is 0 Å². The highest BCUT2D eigenvalue weighted by atomic mass is 16.5. The minimum atomic E-state index is -0.538. The third-order valence-electron chi connectivity index (χ3n) is 2.04. The van der Waals surface area contributed by atoms with Gasteiger partial charge >= 0.3 is 5.97 Å². The Kier molecular flexibility index (Phi) is 4.99. The Morgan fingerprint density at radius 3 is 2.31 bits per heavy atom. The molecular formula is C10H21NO2. The van der Waals surface area contributed by atoms with E-state index in [2.05, 4.69) is 5.32 Å². The molecule has 0 saturated heterocycles. The van der Waals surface area contributed by atoms with Crippen molar-refractivity contribution in [2.45, 2.75) is 52.6 Å². The van der Waals surface area contributed by atoms with E-state index in [1.54, 1.807) is 0 Å². The molecule has 13 heavy (non-hydrogen) atoms. The first-order valence-electron chi connectivity index (χ1n) is 4.91. The summed E-state index contributed by atoms with van der Waals surface area (Å²) in [4.78, 5) is 11.5. The van der Waals surface area contributed by atoms with Gasteiger partial charge in [0.15, 0.2) is 0 Å². The van der Waals surface area contributed by atoms with Crippen LogP contribution in [0.2, 0.25) is 0 Å². The zero-order valence-corrected chi connectivity index (χ0v) is 9.31. The molecule has 0 radical (unpaired) electrons. The van der Waals surface area contributed by atoms with E-state index >= 15 is 0 Å². The van der Waals surface area contributed by atoms with E-state index in [9.17, 15) is 4.79 Å². The predicted octanol–water partition coefficient (Wildman–Crippen LogP) is 1.72. The molecule has 0 aliphatic rings. The summed E-state index contributed by atoms with van der Waals surface area (Å²) < 4.78 is 5.00. The number of carbonyl (C=O) groups is 1. The Hall–Kier alpha value is -0.570. The largest absolute Gasteiger partial charge is 0.465 e. The second-order valence-electron chi connectivity index (χ2n) is 3.71. The molecule has 0 amide bonds. The summed E-state index contributed by atoms with van der Waals surface area (Å²) in [6, 6.07) is 0.286. The summed E-state index contributed by atoms with van der Waals surface area (Å²) in [7, 11) is 0. The van der Waals surface area contributed by atoms with Crippen LogP contribution in [0.15, 0.2) is 0 Å². The quantitative estimate of drug-likeness (QED) is 0.666. The SMILES string of the molecule is CCOC(=O)[C@@](C)(CC)NC(C)C. The number of rotatable bonds is 5. The normalized spacial score (nSPS) is 15.5. The standard InChI is InChI=1S/C10H21NO2/c1-6-10(5,11-8(3)4)9(12)13-7-2/h8,11H,6-7H2,1-5H3/t10-/m1/s1. The van der Waals surface area contributed by atoms with Crippen LogP contribution in [0, 0.1) is 0 Å². The molecule has 1 N–H and O–H groups in total. The topological polar surface area (TPSA) is 38.3 Å². The number of ether oxygens (including phenoxy) is 1. The van der Waals surface area contributed by atoms with Gasteiger partial charge in [0.1, 0.15) is 5.54 Å². The van der Waals surface area contributed by atoms with Crippen LogP contribution in [0.3, 0.4) is 0 Å². The molecule has 0 spiro atoms. The molecule has 0 heterocycles. The van der Waals surface area contributed by atoms with Gasteiger partial charge in [-0.1, -0.05) is 6.92 Å². The maximum atomic E-state index is 11.5. The molecule has 3 nitrogen and oxygen atoms in total. The molecule has 78 valence electrons. The van der Waals surface area contributed by atoms with Gasteiger partial charge in [0.2, 0.25) is 0 Å². The van der Waals surface area contributed by atoms with Crippen molar-refractivity contribution in [1.82, 2.24) is 5.32 Å². The average molecular weight is 187 g/mol. The van der Waals surface area contributed by atoms with Crippen molar-refractivity contribution in [2.75, 3.05) is 6.61 Å². The summed E-state index contributed by atoms with van der Waals surface area (Å²) in [6.07, 6.45) is 0.740. The number of nitrogens with one attached hydrogen (secondary N) is 1. The summed E-state index contributed by atoms with van der Waals surface area (Å²) >= 11 is 0. The number of carbonyl (C=O) groups excluding carboxylic acids is 1. The Balaban J connectivity index is 4.33. The van der Waals surface area contributed by atoms with Gasteiger partial charge in [0.25, 0.3) is 0 Å². The second-order valence-corrected chi connectivity index (χ2v) is 3.71. The van der Waals surface area contributed by atoms with E-state index in [0.29, 0.717) is 6.61 Å².